The fraction of sp³-hybridized carbons (Fsp3) is 0.0408. The van der Waals surface area contributed by atoms with Gasteiger partial charge in [-0.05, 0) is 94.0 Å². The highest BCUT2D eigenvalue weighted by Crippen LogP contribution is 2.45. The van der Waals surface area contributed by atoms with Crippen LogP contribution in [0.15, 0.2) is 164 Å². The first-order valence-corrected chi connectivity index (χ1v) is 17.9. The van der Waals surface area contributed by atoms with Crippen LogP contribution >= 0.6 is 0 Å². The van der Waals surface area contributed by atoms with Crippen LogP contribution in [-0.4, -0.2) is 9.55 Å². The maximum atomic E-state index is 5.10. The lowest BCUT2D eigenvalue weighted by molar-refractivity contribution is 0.917. The van der Waals surface area contributed by atoms with E-state index in [0.717, 1.165) is 23.3 Å². The molecule has 0 N–H and O–H groups in total. The summed E-state index contributed by atoms with van der Waals surface area (Å²) in [6, 6.07) is 60.6. The molecular weight excluding hydrogens is 617 g/mol. The zero-order chi connectivity index (χ0) is 33.6. The van der Waals surface area contributed by atoms with E-state index in [1.165, 1.54) is 92.2 Å². The van der Waals surface area contributed by atoms with Gasteiger partial charge in [-0.15, -0.1) is 0 Å². The molecule has 0 radical (unpaired) electrons. The van der Waals surface area contributed by atoms with Crippen LogP contribution in [-0.2, 0) is 6.42 Å². The van der Waals surface area contributed by atoms with Crippen molar-refractivity contribution in [3.05, 3.63) is 170 Å². The van der Waals surface area contributed by atoms with E-state index in [-0.39, 0.29) is 0 Å². The lowest BCUT2D eigenvalue weighted by atomic mass is 9.87. The molecule has 238 valence electrons. The van der Waals surface area contributed by atoms with Crippen LogP contribution in [0, 0.1) is 0 Å². The number of hydrogen-bond acceptors (Lipinski definition) is 1. The summed E-state index contributed by atoms with van der Waals surface area (Å²) in [6.07, 6.45) is 0.840. The highest BCUT2D eigenvalue weighted by Gasteiger charge is 2.21. The Morgan fingerprint density at radius 2 is 0.941 bits per heavy atom. The Kier molecular flexibility index (Phi) is 5.97. The molecule has 0 saturated heterocycles. The topological polar surface area (TPSA) is 17.8 Å². The van der Waals surface area contributed by atoms with Gasteiger partial charge in [0.05, 0.1) is 16.7 Å². The molecule has 2 heteroatoms. The predicted octanol–water partition coefficient (Wildman–Crippen LogP) is 13.3. The molecule has 0 saturated carbocycles. The maximum Gasteiger partial charge on any atom is 0.114 e. The number of para-hydroxylation sites is 2. The van der Waals surface area contributed by atoms with Gasteiger partial charge in [-0.1, -0.05) is 153 Å². The van der Waals surface area contributed by atoms with Gasteiger partial charge in [0.25, 0.3) is 0 Å². The van der Waals surface area contributed by atoms with Crippen molar-refractivity contribution in [1.29, 1.82) is 0 Å². The summed E-state index contributed by atoms with van der Waals surface area (Å²) >= 11 is 0. The monoisotopic (exact) mass is 648 g/mol. The Hall–Kier alpha value is -6.51. The summed E-state index contributed by atoms with van der Waals surface area (Å²) in [5.74, 6) is 1.07. The maximum absolute atomic E-state index is 5.10. The molecule has 0 atom stereocenters. The van der Waals surface area contributed by atoms with Gasteiger partial charge >= 0.3 is 0 Å². The van der Waals surface area contributed by atoms with E-state index in [9.17, 15) is 0 Å². The normalized spacial score (nSPS) is 12.1. The zero-order valence-corrected chi connectivity index (χ0v) is 28.2. The van der Waals surface area contributed by atoms with Crippen molar-refractivity contribution in [2.75, 3.05) is 0 Å². The van der Waals surface area contributed by atoms with Gasteiger partial charge in [-0.25, -0.2) is 4.98 Å². The average molecular weight is 649 g/mol. The van der Waals surface area contributed by atoms with Crippen LogP contribution in [0.25, 0.3) is 103 Å². The third-order valence-electron chi connectivity index (χ3n) is 11.1. The van der Waals surface area contributed by atoms with Gasteiger partial charge in [-0.3, -0.25) is 4.57 Å². The molecule has 11 aromatic rings. The molecule has 1 aromatic heterocycles. The molecule has 0 aliphatic carbocycles. The van der Waals surface area contributed by atoms with E-state index >= 15 is 0 Å². The number of nitrogens with zero attached hydrogens (tertiary/aromatic N) is 2. The van der Waals surface area contributed by atoms with Crippen molar-refractivity contribution in [2.24, 2.45) is 0 Å². The summed E-state index contributed by atoms with van der Waals surface area (Å²) in [7, 11) is 0. The van der Waals surface area contributed by atoms with Crippen molar-refractivity contribution in [2.45, 2.75) is 13.3 Å². The fourth-order valence-corrected chi connectivity index (χ4v) is 8.93. The van der Waals surface area contributed by atoms with Crippen LogP contribution < -0.4 is 0 Å². The Morgan fingerprint density at radius 1 is 0.431 bits per heavy atom. The molecule has 0 bridgehead atoms. The minimum absolute atomic E-state index is 0.840. The largest absolute Gasteiger partial charge is 0.295 e. The predicted molar refractivity (Wildman–Crippen MR) is 218 cm³/mol. The number of aryl methyl sites for hydroxylation is 1. The van der Waals surface area contributed by atoms with Crippen LogP contribution in [0.5, 0.6) is 0 Å². The van der Waals surface area contributed by atoms with Crippen molar-refractivity contribution in [3.8, 4) is 16.8 Å². The standard InChI is InChI=1S/C49H32N2/c1-2-45-50-43-23-9-10-24-44(43)51(45)49-40-19-7-5-17-38(40)46(39-18-6-8-20-41(39)49)32-27-28-35-37-22-12-14-31-26-25-30-13-11-21-36(47(30)48(31)37)33-15-3-4-16-34(33)42(35)29-32/h3-29H,2H2,1H3. The number of fused-ring (bicyclic) bond motifs is 8. The minimum Gasteiger partial charge on any atom is -0.295 e. The Balaban J connectivity index is 1.31. The van der Waals surface area contributed by atoms with E-state index in [1.54, 1.807) is 0 Å². The lowest BCUT2D eigenvalue weighted by Gasteiger charge is -2.20. The second-order valence-electron chi connectivity index (χ2n) is 13.7. The van der Waals surface area contributed by atoms with Crippen molar-refractivity contribution < 1.29 is 0 Å². The first kappa shape index (κ1) is 28.3. The van der Waals surface area contributed by atoms with E-state index < -0.39 is 0 Å². The molecule has 11 rings (SSSR count). The van der Waals surface area contributed by atoms with E-state index in [1.807, 2.05) is 0 Å². The van der Waals surface area contributed by atoms with Crippen LogP contribution in [0.2, 0.25) is 0 Å². The van der Waals surface area contributed by atoms with E-state index in [4.69, 9.17) is 4.98 Å². The first-order valence-electron chi connectivity index (χ1n) is 17.9. The molecule has 1 heterocycles. The van der Waals surface area contributed by atoms with E-state index in [2.05, 4.69) is 175 Å². The third-order valence-corrected chi connectivity index (χ3v) is 11.1. The van der Waals surface area contributed by atoms with Crippen LogP contribution in [0.3, 0.4) is 0 Å². The summed E-state index contributed by atoms with van der Waals surface area (Å²) < 4.78 is 2.40. The quantitative estimate of drug-likeness (QED) is 0.138. The number of hydrogen-bond donors (Lipinski definition) is 0. The Labute approximate surface area is 294 Å². The van der Waals surface area contributed by atoms with Crippen molar-refractivity contribution in [1.82, 2.24) is 9.55 Å². The fourth-order valence-electron chi connectivity index (χ4n) is 8.93. The minimum atomic E-state index is 0.840. The molecule has 0 spiro atoms. The van der Waals surface area contributed by atoms with Gasteiger partial charge in [0.2, 0.25) is 0 Å². The van der Waals surface area contributed by atoms with Crippen molar-refractivity contribution in [3.63, 3.8) is 0 Å². The van der Waals surface area contributed by atoms with E-state index in [0.29, 0.717) is 0 Å². The summed E-state index contributed by atoms with van der Waals surface area (Å²) in [5.41, 5.74) is 5.84. The molecular formula is C49H32N2. The zero-order valence-electron chi connectivity index (χ0n) is 28.2. The average Bonchev–Trinajstić information content (AvgIpc) is 3.57. The van der Waals surface area contributed by atoms with Crippen LogP contribution in [0.1, 0.15) is 12.7 Å². The van der Waals surface area contributed by atoms with Gasteiger partial charge in [0.1, 0.15) is 5.82 Å². The molecule has 0 amide bonds. The summed E-state index contributed by atoms with van der Waals surface area (Å²) in [4.78, 5) is 5.10. The van der Waals surface area contributed by atoms with Gasteiger partial charge in [-0.2, -0.15) is 0 Å². The third kappa shape index (κ3) is 3.96. The SMILES string of the molecule is CCc1nc2ccccc2n1-c1c2ccccc2c(-c2ccc3c(c2)c2ccccc2c2cccc4ccc5cccc3c5c42)c2ccccc12. The van der Waals surface area contributed by atoms with Crippen LogP contribution in [0.4, 0.5) is 0 Å². The molecule has 51 heavy (non-hydrogen) atoms. The highest BCUT2D eigenvalue weighted by atomic mass is 15.1. The van der Waals surface area contributed by atoms with Gasteiger partial charge in [0, 0.05) is 17.2 Å². The molecule has 0 aliphatic heterocycles. The summed E-state index contributed by atoms with van der Waals surface area (Å²) in [6.45, 7) is 2.20. The Morgan fingerprint density at radius 3 is 1.57 bits per heavy atom. The highest BCUT2D eigenvalue weighted by molar-refractivity contribution is 6.33. The van der Waals surface area contributed by atoms with Gasteiger partial charge in [0.15, 0.2) is 0 Å². The van der Waals surface area contributed by atoms with Gasteiger partial charge < -0.3 is 0 Å². The summed E-state index contributed by atoms with van der Waals surface area (Å²) in [5, 5.41) is 17.8. The molecule has 0 aliphatic rings. The molecule has 0 unspecified atom stereocenters. The smallest absolute Gasteiger partial charge is 0.114 e. The first-order chi connectivity index (χ1) is 25.3. The molecule has 10 aromatic carbocycles. The second-order valence-corrected chi connectivity index (χ2v) is 13.7. The molecule has 2 nitrogen and oxygen atoms in total. The number of aromatic nitrogens is 2. The van der Waals surface area contributed by atoms with Crippen molar-refractivity contribution >= 4 is 86.4 Å². The Bertz CT molecular complexity index is 3180. The number of benzene rings is 9. The molecule has 0 fully saturated rings. The number of rotatable bonds is 3. The second kappa shape index (κ2) is 10.7. The number of imidazole rings is 1. The lowest BCUT2D eigenvalue weighted by Crippen LogP contribution is -2.03.